The molecular weight excluding hydrogens is 348 g/mol. The smallest absolute Gasteiger partial charge is 0.295 e. The number of amides is 1. The van der Waals surface area contributed by atoms with Gasteiger partial charge >= 0.3 is 0 Å². The third kappa shape index (κ3) is 3.22. The highest BCUT2D eigenvalue weighted by atomic mass is 16.6. The van der Waals surface area contributed by atoms with Gasteiger partial charge in [0.15, 0.2) is 0 Å². The highest BCUT2D eigenvalue weighted by molar-refractivity contribution is 6.46. The highest BCUT2D eigenvalue weighted by Gasteiger charge is 2.45. The van der Waals surface area contributed by atoms with Gasteiger partial charge in [-0.1, -0.05) is 36.4 Å². The zero-order chi connectivity index (χ0) is 19.6. The van der Waals surface area contributed by atoms with Crippen LogP contribution in [-0.2, 0) is 9.59 Å². The van der Waals surface area contributed by atoms with Crippen molar-refractivity contribution in [2.75, 3.05) is 6.54 Å². The van der Waals surface area contributed by atoms with Crippen LogP contribution >= 0.6 is 0 Å². The van der Waals surface area contributed by atoms with Gasteiger partial charge in [-0.05, 0) is 17.7 Å². The number of non-ortho nitro benzene ring substituents is 1. The fourth-order valence-corrected chi connectivity index (χ4v) is 3.08. The number of hydrogen-bond acceptors (Lipinski definition) is 5. The predicted octanol–water partition coefficient (Wildman–Crippen LogP) is 3.20. The molecule has 1 aliphatic heterocycles. The number of nitro groups is 1. The zero-order valence-electron chi connectivity index (χ0n) is 14.2. The summed E-state index contributed by atoms with van der Waals surface area (Å²) in [4.78, 5) is 36.7. The Morgan fingerprint density at radius 3 is 2.33 bits per heavy atom. The van der Waals surface area contributed by atoms with Gasteiger partial charge in [0.2, 0.25) is 0 Å². The lowest BCUT2D eigenvalue weighted by molar-refractivity contribution is -0.384. The summed E-state index contributed by atoms with van der Waals surface area (Å²) in [6, 6.07) is 13.1. The topological polar surface area (TPSA) is 101 Å². The van der Waals surface area contributed by atoms with E-state index >= 15 is 0 Å². The molecule has 1 amide bonds. The summed E-state index contributed by atoms with van der Waals surface area (Å²) in [6.07, 6.45) is 1.48. The van der Waals surface area contributed by atoms with Crippen LogP contribution in [0.4, 0.5) is 5.69 Å². The molecule has 1 aliphatic rings. The van der Waals surface area contributed by atoms with Crippen molar-refractivity contribution in [3.05, 3.63) is 94.1 Å². The van der Waals surface area contributed by atoms with Gasteiger partial charge in [0.05, 0.1) is 16.5 Å². The molecule has 0 aromatic heterocycles. The van der Waals surface area contributed by atoms with Crippen molar-refractivity contribution in [2.45, 2.75) is 6.04 Å². The molecule has 3 rings (SSSR count). The number of hydrogen-bond donors (Lipinski definition) is 1. The first-order chi connectivity index (χ1) is 13.0. The Balaban J connectivity index is 2.17. The Bertz CT molecular complexity index is 948. The van der Waals surface area contributed by atoms with E-state index in [1.165, 1.54) is 35.2 Å². The second-order valence-corrected chi connectivity index (χ2v) is 5.95. The molecule has 1 atom stereocenters. The van der Waals surface area contributed by atoms with Gasteiger partial charge in [-0.3, -0.25) is 19.7 Å². The van der Waals surface area contributed by atoms with E-state index < -0.39 is 22.7 Å². The van der Waals surface area contributed by atoms with E-state index in [0.29, 0.717) is 11.1 Å². The quantitative estimate of drug-likeness (QED) is 0.219. The van der Waals surface area contributed by atoms with Crippen LogP contribution < -0.4 is 0 Å². The summed E-state index contributed by atoms with van der Waals surface area (Å²) in [6.45, 7) is 3.70. The minimum atomic E-state index is -0.857. The van der Waals surface area contributed by atoms with E-state index in [1.807, 2.05) is 0 Å². The van der Waals surface area contributed by atoms with E-state index in [1.54, 1.807) is 30.3 Å². The van der Waals surface area contributed by atoms with Gasteiger partial charge in [0.1, 0.15) is 5.76 Å². The molecule has 1 heterocycles. The average Bonchev–Trinajstić information content (AvgIpc) is 2.93. The number of benzene rings is 2. The van der Waals surface area contributed by atoms with Crippen LogP contribution in [0, 0.1) is 10.1 Å². The fourth-order valence-electron chi connectivity index (χ4n) is 3.08. The SMILES string of the molecule is C=CCN1C(=O)C(=O)C(=C(O)c2ccccc2)[C@@H]1c1ccc([N+](=O)[O-])cc1. The molecule has 7 heteroatoms. The minimum Gasteiger partial charge on any atom is -0.507 e. The maximum Gasteiger partial charge on any atom is 0.295 e. The Kier molecular flexibility index (Phi) is 4.85. The molecule has 0 bridgehead atoms. The van der Waals surface area contributed by atoms with Crippen LogP contribution in [0.25, 0.3) is 5.76 Å². The second kappa shape index (κ2) is 7.25. The Labute approximate surface area is 155 Å². The highest BCUT2D eigenvalue weighted by Crippen LogP contribution is 2.39. The zero-order valence-corrected chi connectivity index (χ0v) is 14.2. The third-order valence-corrected chi connectivity index (χ3v) is 4.33. The molecular formula is C20H16N2O5. The maximum absolute atomic E-state index is 12.6. The Morgan fingerprint density at radius 1 is 1.15 bits per heavy atom. The summed E-state index contributed by atoms with van der Waals surface area (Å²) in [5.41, 5.74) is 0.726. The van der Waals surface area contributed by atoms with Crippen LogP contribution in [-0.4, -0.2) is 33.2 Å². The van der Waals surface area contributed by atoms with Gasteiger partial charge in [-0.2, -0.15) is 0 Å². The molecule has 0 saturated carbocycles. The van der Waals surface area contributed by atoms with Crippen molar-refractivity contribution < 1.29 is 19.6 Å². The van der Waals surface area contributed by atoms with Gasteiger partial charge in [0.25, 0.3) is 17.4 Å². The lowest BCUT2D eigenvalue weighted by Crippen LogP contribution is -2.29. The number of aliphatic hydroxyl groups excluding tert-OH is 1. The molecule has 0 unspecified atom stereocenters. The normalized spacial score (nSPS) is 18.5. The van der Waals surface area contributed by atoms with Gasteiger partial charge in [-0.25, -0.2) is 0 Å². The van der Waals surface area contributed by atoms with Crippen molar-refractivity contribution in [2.24, 2.45) is 0 Å². The second-order valence-electron chi connectivity index (χ2n) is 5.95. The molecule has 7 nitrogen and oxygen atoms in total. The van der Waals surface area contributed by atoms with E-state index in [2.05, 4.69) is 6.58 Å². The van der Waals surface area contributed by atoms with E-state index in [9.17, 15) is 24.8 Å². The van der Waals surface area contributed by atoms with Crippen molar-refractivity contribution >= 4 is 23.1 Å². The lowest BCUT2D eigenvalue weighted by Gasteiger charge is -2.24. The number of carbonyl (C=O) groups excluding carboxylic acids is 2. The predicted molar refractivity (Wildman–Crippen MR) is 98.7 cm³/mol. The average molecular weight is 364 g/mol. The summed E-state index contributed by atoms with van der Waals surface area (Å²) in [5.74, 6) is -1.85. The molecule has 27 heavy (non-hydrogen) atoms. The Morgan fingerprint density at radius 2 is 1.78 bits per heavy atom. The molecule has 0 spiro atoms. The van der Waals surface area contributed by atoms with Crippen molar-refractivity contribution in [1.29, 1.82) is 0 Å². The third-order valence-electron chi connectivity index (χ3n) is 4.33. The van der Waals surface area contributed by atoms with Crippen molar-refractivity contribution in [1.82, 2.24) is 4.90 Å². The molecule has 0 aliphatic carbocycles. The Hall–Kier alpha value is -3.74. The summed E-state index contributed by atoms with van der Waals surface area (Å²) in [5, 5.41) is 21.6. The van der Waals surface area contributed by atoms with E-state index in [-0.39, 0.29) is 23.6 Å². The summed E-state index contributed by atoms with van der Waals surface area (Å²) < 4.78 is 0. The standard InChI is InChI=1S/C20H16N2O5/c1-2-12-21-17(13-8-10-15(11-9-13)22(26)27)16(19(24)20(21)25)18(23)14-6-4-3-5-7-14/h2-11,17,23H,1,12H2/t17-/m0/s1. The van der Waals surface area contributed by atoms with E-state index in [4.69, 9.17) is 0 Å². The first-order valence-electron chi connectivity index (χ1n) is 8.14. The molecule has 2 aromatic carbocycles. The van der Waals surface area contributed by atoms with Crippen LogP contribution in [0.2, 0.25) is 0 Å². The van der Waals surface area contributed by atoms with E-state index in [0.717, 1.165) is 0 Å². The first-order valence-corrected chi connectivity index (χ1v) is 8.14. The lowest BCUT2D eigenvalue weighted by atomic mass is 9.95. The number of carbonyl (C=O) groups is 2. The molecule has 0 radical (unpaired) electrons. The molecule has 1 N–H and O–H groups in total. The summed E-state index contributed by atoms with van der Waals surface area (Å²) in [7, 11) is 0. The molecule has 136 valence electrons. The van der Waals surface area contributed by atoms with Crippen molar-refractivity contribution in [3.8, 4) is 0 Å². The summed E-state index contributed by atoms with van der Waals surface area (Å²) >= 11 is 0. The first kappa shape index (κ1) is 18.1. The number of nitro benzene ring substituents is 1. The molecule has 1 saturated heterocycles. The van der Waals surface area contributed by atoms with Crippen LogP contribution in [0.5, 0.6) is 0 Å². The monoisotopic (exact) mass is 364 g/mol. The number of ketones is 1. The molecule has 2 aromatic rings. The fraction of sp³-hybridized carbons (Fsp3) is 0.100. The minimum absolute atomic E-state index is 0.0538. The number of rotatable bonds is 5. The maximum atomic E-state index is 12.6. The number of aliphatic hydroxyl groups is 1. The number of Topliss-reactive ketones (excluding diaryl/α,β-unsaturated/α-hetero) is 1. The number of nitrogens with zero attached hydrogens (tertiary/aromatic N) is 2. The van der Waals surface area contributed by atoms with Crippen molar-refractivity contribution in [3.63, 3.8) is 0 Å². The van der Waals surface area contributed by atoms with Gasteiger partial charge < -0.3 is 10.0 Å². The van der Waals surface area contributed by atoms with Gasteiger partial charge in [-0.15, -0.1) is 6.58 Å². The van der Waals surface area contributed by atoms with Crippen LogP contribution in [0.3, 0.4) is 0 Å². The van der Waals surface area contributed by atoms with Gasteiger partial charge in [0, 0.05) is 24.2 Å². The van der Waals surface area contributed by atoms with Crippen LogP contribution in [0.1, 0.15) is 17.2 Å². The largest absolute Gasteiger partial charge is 0.507 e. The van der Waals surface area contributed by atoms with Crippen LogP contribution in [0.15, 0.2) is 72.8 Å². The number of likely N-dealkylation sites (tertiary alicyclic amines) is 1. The molecule has 1 fully saturated rings.